The van der Waals surface area contributed by atoms with Crippen LogP contribution in [0.3, 0.4) is 0 Å². The van der Waals surface area contributed by atoms with E-state index in [4.69, 9.17) is 4.42 Å². The molecule has 2 aromatic rings. The summed E-state index contributed by atoms with van der Waals surface area (Å²) in [6, 6.07) is 9.66. The second-order valence-electron chi connectivity index (χ2n) is 7.43. The van der Waals surface area contributed by atoms with Crippen LogP contribution in [0.25, 0.3) is 11.5 Å². The molecular weight excluding hydrogens is 356 g/mol. The van der Waals surface area contributed by atoms with E-state index in [2.05, 4.69) is 9.88 Å². The van der Waals surface area contributed by atoms with Crippen LogP contribution < -0.4 is 0 Å². The quantitative estimate of drug-likeness (QED) is 0.787. The standard InChI is InChI=1S/C21H26N4O3/c26-19(14-18-16-28-21(22-18)17-6-2-1-3-7-17)25-12-10-23(11-13-25)15-20(27)24-8-4-5-9-24/h1-3,6-7,16H,4-5,8-15H2. The fraction of sp³-hybridized carbons (Fsp3) is 0.476. The van der Waals surface area contributed by atoms with Gasteiger partial charge in [-0.2, -0.15) is 0 Å². The molecule has 2 aliphatic rings. The maximum absolute atomic E-state index is 12.6. The number of nitrogens with zero attached hydrogens (tertiary/aromatic N) is 4. The Morgan fingerprint density at radius 1 is 0.893 bits per heavy atom. The summed E-state index contributed by atoms with van der Waals surface area (Å²) in [4.78, 5) is 35.3. The molecule has 0 saturated carbocycles. The van der Waals surface area contributed by atoms with Gasteiger partial charge in [-0.1, -0.05) is 18.2 Å². The summed E-state index contributed by atoms with van der Waals surface area (Å²) in [6.07, 6.45) is 4.03. The molecule has 3 heterocycles. The molecular formula is C21H26N4O3. The molecule has 0 bridgehead atoms. The third-order valence-electron chi connectivity index (χ3n) is 5.45. The number of piperazine rings is 1. The van der Waals surface area contributed by atoms with Crippen LogP contribution in [-0.2, 0) is 16.0 Å². The summed E-state index contributed by atoms with van der Waals surface area (Å²) in [6.45, 7) is 5.01. The molecule has 1 aromatic heterocycles. The average Bonchev–Trinajstić information content (AvgIpc) is 3.41. The van der Waals surface area contributed by atoms with Crippen LogP contribution in [0.2, 0.25) is 0 Å². The molecule has 7 heteroatoms. The number of carbonyl (C=O) groups excluding carboxylic acids is 2. The second-order valence-corrected chi connectivity index (χ2v) is 7.43. The van der Waals surface area contributed by atoms with Crippen molar-refractivity contribution < 1.29 is 14.0 Å². The molecule has 2 amide bonds. The van der Waals surface area contributed by atoms with E-state index >= 15 is 0 Å². The van der Waals surface area contributed by atoms with Crippen LogP contribution in [0.1, 0.15) is 18.5 Å². The first-order valence-electron chi connectivity index (χ1n) is 9.97. The van der Waals surface area contributed by atoms with Gasteiger partial charge in [0.05, 0.1) is 18.7 Å². The summed E-state index contributed by atoms with van der Waals surface area (Å²) in [5.41, 5.74) is 1.55. The van der Waals surface area contributed by atoms with Gasteiger partial charge in [0.25, 0.3) is 0 Å². The third kappa shape index (κ3) is 4.42. The van der Waals surface area contributed by atoms with Crippen LogP contribution in [0.5, 0.6) is 0 Å². The molecule has 0 radical (unpaired) electrons. The SMILES string of the molecule is O=C(Cc1coc(-c2ccccc2)n1)N1CCN(CC(=O)N2CCCC2)CC1. The normalized spacial score (nSPS) is 17.9. The number of oxazole rings is 1. The molecule has 2 aliphatic heterocycles. The van der Waals surface area contributed by atoms with Gasteiger partial charge < -0.3 is 14.2 Å². The predicted octanol–water partition coefficient (Wildman–Crippen LogP) is 1.65. The van der Waals surface area contributed by atoms with Crippen LogP contribution in [0, 0.1) is 0 Å². The van der Waals surface area contributed by atoms with Crippen LogP contribution in [-0.4, -0.2) is 77.3 Å². The van der Waals surface area contributed by atoms with Crippen molar-refractivity contribution in [1.82, 2.24) is 19.7 Å². The summed E-state index contributed by atoms with van der Waals surface area (Å²) >= 11 is 0. The van der Waals surface area contributed by atoms with Crippen molar-refractivity contribution in [2.45, 2.75) is 19.3 Å². The zero-order valence-electron chi connectivity index (χ0n) is 16.0. The second kappa shape index (κ2) is 8.56. The van der Waals surface area contributed by atoms with Gasteiger partial charge in [-0.05, 0) is 25.0 Å². The zero-order valence-corrected chi connectivity index (χ0v) is 16.0. The first kappa shape index (κ1) is 18.7. The Hall–Kier alpha value is -2.67. The Labute approximate surface area is 164 Å². The highest BCUT2D eigenvalue weighted by Crippen LogP contribution is 2.18. The van der Waals surface area contributed by atoms with Crippen LogP contribution in [0.15, 0.2) is 41.0 Å². The van der Waals surface area contributed by atoms with E-state index in [0.717, 1.165) is 44.6 Å². The Kier molecular flexibility index (Phi) is 5.71. The molecule has 0 aliphatic carbocycles. The van der Waals surface area contributed by atoms with Gasteiger partial charge in [0.2, 0.25) is 17.7 Å². The lowest BCUT2D eigenvalue weighted by molar-refractivity contribution is -0.134. The van der Waals surface area contributed by atoms with Gasteiger partial charge in [0, 0.05) is 44.8 Å². The molecule has 148 valence electrons. The van der Waals surface area contributed by atoms with Gasteiger partial charge in [0.15, 0.2) is 0 Å². The number of rotatable bonds is 5. The Bertz CT molecular complexity index is 806. The summed E-state index contributed by atoms with van der Waals surface area (Å²) in [5, 5.41) is 0. The highest BCUT2D eigenvalue weighted by molar-refractivity contribution is 5.79. The Morgan fingerprint density at radius 3 is 2.29 bits per heavy atom. The van der Waals surface area contributed by atoms with Gasteiger partial charge in [-0.15, -0.1) is 0 Å². The van der Waals surface area contributed by atoms with E-state index in [1.165, 1.54) is 0 Å². The van der Waals surface area contributed by atoms with Crippen molar-refractivity contribution in [3.63, 3.8) is 0 Å². The topological polar surface area (TPSA) is 69.9 Å². The Balaban J connectivity index is 1.25. The van der Waals surface area contributed by atoms with Gasteiger partial charge in [-0.3, -0.25) is 14.5 Å². The number of hydrogen-bond donors (Lipinski definition) is 0. The molecule has 0 atom stereocenters. The van der Waals surface area contributed by atoms with Crippen molar-refractivity contribution in [1.29, 1.82) is 0 Å². The molecule has 28 heavy (non-hydrogen) atoms. The maximum atomic E-state index is 12.6. The van der Waals surface area contributed by atoms with Crippen molar-refractivity contribution in [2.24, 2.45) is 0 Å². The first-order chi connectivity index (χ1) is 13.7. The highest BCUT2D eigenvalue weighted by Gasteiger charge is 2.25. The van der Waals surface area contributed by atoms with Gasteiger partial charge in [-0.25, -0.2) is 4.98 Å². The van der Waals surface area contributed by atoms with Crippen molar-refractivity contribution in [2.75, 3.05) is 45.8 Å². The fourth-order valence-corrected chi connectivity index (χ4v) is 3.78. The van der Waals surface area contributed by atoms with E-state index in [0.29, 0.717) is 31.2 Å². The molecule has 0 spiro atoms. The maximum Gasteiger partial charge on any atom is 0.236 e. The van der Waals surface area contributed by atoms with E-state index in [1.807, 2.05) is 40.1 Å². The summed E-state index contributed by atoms with van der Waals surface area (Å²) in [5.74, 6) is 0.806. The highest BCUT2D eigenvalue weighted by atomic mass is 16.3. The lowest BCUT2D eigenvalue weighted by Gasteiger charge is -2.35. The monoisotopic (exact) mass is 382 g/mol. The lowest BCUT2D eigenvalue weighted by Crippen LogP contribution is -2.51. The number of carbonyl (C=O) groups is 2. The van der Waals surface area contributed by atoms with E-state index in [9.17, 15) is 9.59 Å². The average molecular weight is 382 g/mol. The van der Waals surface area contributed by atoms with Crippen LogP contribution >= 0.6 is 0 Å². The molecule has 4 rings (SSSR count). The summed E-state index contributed by atoms with van der Waals surface area (Å²) in [7, 11) is 0. The van der Waals surface area contributed by atoms with Crippen molar-refractivity contribution in [3.05, 3.63) is 42.3 Å². The minimum atomic E-state index is 0.0541. The van der Waals surface area contributed by atoms with E-state index < -0.39 is 0 Å². The zero-order chi connectivity index (χ0) is 19.3. The molecule has 1 aromatic carbocycles. The summed E-state index contributed by atoms with van der Waals surface area (Å²) < 4.78 is 5.52. The molecule has 7 nitrogen and oxygen atoms in total. The van der Waals surface area contributed by atoms with Gasteiger partial charge in [0.1, 0.15) is 6.26 Å². The number of hydrogen-bond acceptors (Lipinski definition) is 5. The fourth-order valence-electron chi connectivity index (χ4n) is 3.78. The third-order valence-corrected chi connectivity index (χ3v) is 5.45. The Morgan fingerprint density at radius 2 is 1.57 bits per heavy atom. The minimum Gasteiger partial charge on any atom is -0.444 e. The van der Waals surface area contributed by atoms with E-state index in [1.54, 1.807) is 6.26 Å². The minimum absolute atomic E-state index is 0.0541. The first-order valence-corrected chi connectivity index (χ1v) is 9.97. The van der Waals surface area contributed by atoms with Crippen molar-refractivity contribution >= 4 is 11.8 Å². The number of benzene rings is 1. The van der Waals surface area contributed by atoms with E-state index in [-0.39, 0.29) is 18.2 Å². The smallest absolute Gasteiger partial charge is 0.236 e. The predicted molar refractivity (Wildman–Crippen MR) is 104 cm³/mol. The largest absolute Gasteiger partial charge is 0.444 e. The molecule has 0 unspecified atom stereocenters. The molecule has 2 saturated heterocycles. The molecule has 0 N–H and O–H groups in total. The molecule has 2 fully saturated rings. The van der Waals surface area contributed by atoms with Crippen LogP contribution in [0.4, 0.5) is 0 Å². The number of aromatic nitrogens is 1. The van der Waals surface area contributed by atoms with Gasteiger partial charge >= 0.3 is 0 Å². The number of amides is 2. The van der Waals surface area contributed by atoms with Crippen molar-refractivity contribution in [3.8, 4) is 11.5 Å². The lowest BCUT2D eigenvalue weighted by atomic mass is 10.2. The number of likely N-dealkylation sites (tertiary alicyclic amines) is 1.